The van der Waals surface area contributed by atoms with Gasteiger partial charge >= 0.3 is 0 Å². The summed E-state index contributed by atoms with van der Waals surface area (Å²) in [5, 5.41) is 0. The van der Waals surface area contributed by atoms with Crippen molar-refractivity contribution in [2.45, 2.75) is 69.2 Å². The first-order valence-electron chi connectivity index (χ1n) is 6.93. The van der Waals surface area contributed by atoms with Crippen LogP contribution in [0.15, 0.2) is 0 Å². The lowest BCUT2D eigenvalue weighted by Crippen LogP contribution is -2.39. The van der Waals surface area contributed by atoms with Crippen LogP contribution in [0, 0.1) is 0 Å². The van der Waals surface area contributed by atoms with Crippen LogP contribution >= 0.6 is 0 Å². The number of hydrogen-bond donors (Lipinski definition) is 6. The first-order chi connectivity index (χ1) is 8.45. The van der Waals surface area contributed by atoms with Gasteiger partial charge < -0.3 is 34.4 Å². The van der Waals surface area contributed by atoms with E-state index >= 15 is 0 Å². The fourth-order valence-electron chi connectivity index (χ4n) is 2.07. The zero-order chi connectivity index (χ0) is 14.0. The molecule has 0 aromatic carbocycles. The van der Waals surface area contributed by atoms with E-state index in [0.717, 1.165) is 45.1 Å². The molecule has 0 amide bonds. The SMILES string of the molecule is NCCCCC(N)CC(N)CCC(N)CC(N)N. The van der Waals surface area contributed by atoms with Crippen molar-refractivity contribution in [3.63, 3.8) is 0 Å². The van der Waals surface area contributed by atoms with Crippen molar-refractivity contribution in [3.05, 3.63) is 0 Å². The largest absolute Gasteiger partial charge is 0.330 e. The molecule has 6 nitrogen and oxygen atoms in total. The Labute approximate surface area is 111 Å². The van der Waals surface area contributed by atoms with Crippen molar-refractivity contribution in [2.24, 2.45) is 34.4 Å². The second kappa shape index (κ2) is 10.7. The van der Waals surface area contributed by atoms with Gasteiger partial charge in [0.05, 0.1) is 6.17 Å². The predicted molar refractivity (Wildman–Crippen MR) is 77.5 cm³/mol. The Morgan fingerprint density at radius 2 is 1.11 bits per heavy atom. The lowest BCUT2D eigenvalue weighted by molar-refractivity contribution is 0.422. The third kappa shape index (κ3) is 10.9. The first-order valence-corrected chi connectivity index (χ1v) is 6.93. The summed E-state index contributed by atoms with van der Waals surface area (Å²) in [6.07, 6.45) is 5.95. The van der Waals surface area contributed by atoms with Crippen LogP contribution < -0.4 is 34.4 Å². The zero-order valence-electron chi connectivity index (χ0n) is 11.4. The van der Waals surface area contributed by atoms with Gasteiger partial charge in [-0.05, 0) is 45.1 Å². The van der Waals surface area contributed by atoms with E-state index in [4.69, 9.17) is 34.4 Å². The van der Waals surface area contributed by atoms with Gasteiger partial charge in [-0.1, -0.05) is 6.42 Å². The molecule has 0 radical (unpaired) electrons. The molecule has 18 heavy (non-hydrogen) atoms. The van der Waals surface area contributed by atoms with Gasteiger partial charge in [0.2, 0.25) is 0 Å². The summed E-state index contributed by atoms with van der Waals surface area (Å²) >= 11 is 0. The van der Waals surface area contributed by atoms with Crippen molar-refractivity contribution in [2.75, 3.05) is 6.54 Å². The smallest absolute Gasteiger partial charge is 0.0535 e. The topological polar surface area (TPSA) is 156 Å². The van der Waals surface area contributed by atoms with Crippen molar-refractivity contribution in [3.8, 4) is 0 Å². The molecule has 0 aliphatic rings. The molecule has 12 N–H and O–H groups in total. The summed E-state index contributed by atoms with van der Waals surface area (Å²) in [5.41, 5.74) is 34.3. The van der Waals surface area contributed by atoms with Crippen LogP contribution in [0.1, 0.15) is 44.9 Å². The Morgan fingerprint density at radius 3 is 1.61 bits per heavy atom. The molecule has 0 fully saturated rings. The molecule has 0 spiro atoms. The summed E-state index contributed by atoms with van der Waals surface area (Å²) in [5.74, 6) is 0. The molecule has 3 atom stereocenters. The van der Waals surface area contributed by atoms with Crippen LogP contribution in [0.2, 0.25) is 0 Å². The Morgan fingerprint density at radius 1 is 0.611 bits per heavy atom. The van der Waals surface area contributed by atoms with Gasteiger partial charge in [0.25, 0.3) is 0 Å². The molecule has 0 rings (SSSR count). The second-order valence-electron chi connectivity index (χ2n) is 5.28. The standard InChI is InChI=1S/C12H32N6/c13-6-2-1-3-9(14)7-10(15)4-5-11(16)8-12(17)18/h9-12H,1-8,13-18H2. The molecule has 3 unspecified atom stereocenters. The fraction of sp³-hybridized carbons (Fsp3) is 1.00. The molecule has 0 heterocycles. The van der Waals surface area contributed by atoms with E-state index in [-0.39, 0.29) is 24.3 Å². The van der Waals surface area contributed by atoms with Crippen molar-refractivity contribution in [1.82, 2.24) is 0 Å². The zero-order valence-corrected chi connectivity index (χ0v) is 11.4. The van der Waals surface area contributed by atoms with Gasteiger partial charge in [0, 0.05) is 18.1 Å². The van der Waals surface area contributed by atoms with E-state index in [1.165, 1.54) is 0 Å². The molecule has 0 saturated carbocycles. The summed E-state index contributed by atoms with van der Waals surface area (Å²) in [4.78, 5) is 0. The third-order valence-corrected chi connectivity index (χ3v) is 3.12. The summed E-state index contributed by atoms with van der Waals surface area (Å²) in [7, 11) is 0. The van der Waals surface area contributed by atoms with Crippen LogP contribution in [0.25, 0.3) is 0 Å². The molecule has 6 heteroatoms. The van der Waals surface area contributed by atoms with E-state index in [1.54, 1.807) is 0 Å². The van der Waals surface area contributed by atoms with Crippen LogP contribution in [0.4, 0.5) is 0 Å². The lowest BCUT2D eigenvalue weighted by Gasteiger charge is -2.20. The Bertz CT molecular complexity index is 187. The highest BCUT2D eigenvalue weighted by molar-refractivity contribution is 4.74. The molecule has 0 saturated heterocycles. The molecule has 0 bridgehead atoms. The van der Waals surface area contributed by atoms with Crippen LogP contribution in [0.5, 0.6) is 0 Å². The average molecular weight is 260 g/mol. The highest BCUT2D eigenvalue weighted by Crippen LogP contribution is 2.09. The van der Waals surface area contributed by atoms with Gasteiger partial charge in [-0.15, -0.1) is 0 Å². The van der Waals surface area contributed by atoms with Crippen LogP contribution in [-0.2, 0) is 0 Å². The molecule has 0 aromatic rings. The molecular formula is C12H32N6. The van der Waals surface area contributed by atoms with E-state index in [2.05, 4.69) is 0 Å². The molecule has 0 aromatic heterocycles. The number of unbranched alkanes of at least 4 members (excludes halogenated alkanes) is 1. The third-order valence-electron chi connectivity index (χ3n) is 3.12. The Balaban J connectivity index is 3.59. The quantitative estimate of drug-likeness (QED) is 0.204. The normalized spacial score (nSPS) is 16.8. The molecular weight excluding hydrogens is 228 g/mol. The van der Waals surface area contributed by atoms with Crippen LogP contribution in [0.3, 0.4) is 0 Å². The van der Waals surface area contributed by atoms with Crippen molar-refractivity contribution in [1.29, 1.82) is 0 Å². The van der Waals surface area contributed by atoms with Gasteiger partial charge in [0.1, 0.15) is 0 Å². The van der Waals surface area contributed by atoms with Gasteiger partial charge in [-0.2, -0.15) is 0 Å². The predicted octanol–water partition coefficient (Wildman–Crippen LogP) is -1.10. The van der Waals surface area contributed by atoms with E-state index in [9.17, 15) is 0 Å². The minimum absolute atomic E-state index is 0.0320. The van der Waals surface area contributed by atoms with E-state index < -0.39 is 0 Å². The maximum atomic E-state index is 6.04. The highest BCUT2D eigenvalue weighted by atomic mass is 14.9. The summed E-state index contributed by atoms with van der Waals surface area (Å²) in [6.45, 7) is 0.729. The molecule has 0 aliphatic carbocycles. The Hall–Kier alpha value is -0.240. The van der Waals surface area contributed by atoms with Gasteiger partial charge in [-0.25, -0.2) is 0 Å². The average Bonchev–Trinajstić information content (AvgIpc) is 2.26. The number of rotatable bonds is 11. The van der Waals surface area contributed by atoms with Crippen molar-refractivity contribution >= 4 is 0 Å². The maximum Gasteiger partial charge on any atom is 0.0535 e. The minimum Gasteiger partial charge on any atom is -0.330 e. The number of hydrogen-bond acceptors (Lipinski definition) is 6. The minimum atomic E-state index is -0.338. The summed E-state index contributed by atoms with van der Waals surface area (Å²) in [6, 6.07) is 0.307. The van der Waals surface area contributed by atoms with Gasteiger partial charge in [-0.3, -0.25) is 0 Å². The van der Waals surface area contributed by atoms with Crippen molar-refractivity contribution < 1.29 is 0 Å². The van der Waals surface area contributed by atoms with Crippen LogP contribution in [-0.4, -0.2) is 30.8 Å². The fourth-order valence-corrected chi connectivity index (χ4v) is 2.07. The maximum absolute atomic E-state index is 6.04. The first kappa shape index (κ1) is 17.8. The molecule has 110 valence electrons. The lowest BCUT2D eigenvalue weighted by atomic mass is 9.97. The summed E-state index contributed by atoms with van der Waals surface area (Å²) < 4.78 is 0. The van der Waals surface area contributed by atoms with E-state index in [1.807, 2.05) is 0 Å². The molecule has 0 aliphatic heterocycles. The number of nitrogens with two attached hydrogens (primary N) is 6. The van der Waals surface area contributed by atoms with E-state index in [0.29, 0.717) is 6.42 Å². The van der Waals surface area contributed by atoms with Gasteiger partial charge in [0.15, 0.2) is 0 Å². The highest BCUT2D eigenvalue weighted by Gasteiger charge is 2.12. The Kier molecular flexibility index (Phi) is 10.5. The monoisotopic (exact) mass is 260 g/mol. The second-order valence-corrected chi connectivity index (χ2v) is 5.28.